The summed E-state index contributed by atoms with van der Waals surface area (Å²) >= 11 is 0. The van der Waals surface area contributed by atoms with Gasteiger partial charge in [-0.15, -0.1) is 0 Å². The second kappa shape index (κ2) is 2.27. The lowest BCUT2D eigenvalue weighted by atomic mass is 9.93. The normalized spacial score (nSPS) is 42.7. The van der Waals surface area contributed by atoms with E-state index in [1.54, 1.807) is 0 Å². The third kappa shape index (κ3) is 0.970. The van der Waals surface area contributed by atoms with Crippen molar-refractivity contribution in [3.8, 4) is 0 Å². The minimum absolute atomic E-state index is 0.554. The molecule has 2 heteroatoms. The SMILES string of the molecule is C1CC[C@H]2OCN[C@@H]2C1. The first-order valence-corrected chi connectivity index (χ1v) is 3.82. The summed E-state index contributed by atoms with van der Waals surface area (Å²) in [5.41, 5.74) is 0. The molecule has 9 heavy (non-hydrogen) atoms. The lowest BCUT2D eigenvalue weighted by molar-refractivity contribution is 0.0823. The van der Waals surface area contributed by atoms with Crippen LogP contribution in [0.2, 0.25) is 0 Å². The molecule has 1 saturated carbocycles. The van der Waals surface area contributed by atoms with E-state index in [9.17, 15) is 0 Å². The van der Waals surface area contributed by atoms with Crippen molar-refractivity contribution in [3.63, 3.8) is 0 Å². The topological polar surface area (TPSA) is 21.3 Å². The zero-order valence-electron chi connectivity index (χ0n) is 5.60. The van der Waals surface area contributed by atoms with Crippen LogP contribution in [0.5, 0.6) is 0 Å². The summed E-state index contributed by atoms with van der Waals surface area (Å²) in [5, 5.41) is 3.34. The lowest BCUT2D eigenvalue weighted by Gasteiger charge is -2.22. The number of ether oxygens (including phenoxy) is 1. The molecule has 2 atom stereocenters. The molecule has 0 radical (unpaired) electrons. The molecule has 0 aromatic carbocycles. The first kappa shape index (κ1) is 5.69. The molecule has 0 amide bonds. The average molecular weight is 127 g/mol. The van der Waals surface area contributed by atoms with Crippen LogP contribution in [0.4, 0.5) is 0 Å². The Morgan fingerprint density at radius 1 is 1.22 bits per heavy atom. The van der Waals surface area contributed by atoms with Gasteiger partial charge >= 0.3 is 0 Å². The van der Waals surface area contributed by atoms with Crippen LogP contribution in [0.3, 0.4) is 0 Å². The van der Waals surface area contributed by atoms with Crippen molar-refractivity contribution in [2.24, 2.45) is 0 Å². The predicted octanol–water partition coefficient (Wildman–Crippen LogP) is 0.875. The Hall–Kier alpha value is -0.0800. The van der Waals surface area contributed by atoms with Crippen LogP contribution in [0.15, 0.2) is 0 Å². The summed E-state index contributed by atoms with van der Waals surface area (Å²) in [6.45, 7) is 0.787. The minimum Gasteiger partial charge on any atom is -0.361 e. The molecular weight excluding hydrogens is 114 g/mol. The molecule has 2 nitrogen and oxygen atoms in total. The first-order valence-electron chi connectivity index (χ1n) is 3.82. The van der Waals surface area contributed by atoms with Crippen molar-refractivity contribution < 1.29 is 4.74 Å². The largest absolute Gasteiger partial charge is 0.361 e. The van der Waals surface area contributed by atoms with Gasteiger partial charge in [0.2, 0.25) is 0 Å². The van der Waals surface area contributed by atoms with Gasteiger partial charge in [-0.2, -0.15) is 0 Å². The van der Waals surface area contributed by atoms with Gasteiger partial charge in [-0.25, -0.2) is 0 Å². The van der Waals surface area contributed by atoms with Gasteiger partial charge in [0.25, 0.3) is 0 Å². The van der Waals surface area contributed by atoms with E-state index >= 15 is 0 Å². The van der Waals surface area contributed by atoms with Crippen LogP contribution in [0.25, 0.3) is 0 Å². The standard InChI is InChI=1S/C7H13NO/c1-2-4-7-6(3-1)8-5-9-7/h6-8H,1-5H2/t6-,7-/m1/s1. The van der Waals surface area contributed by atoms with E-state index in [4.69, 9.17) is 4.74 Å². The van der Waals surface area contributed by atoms with Gasteiger partial charge in [0.05, 0.1) is 12.8 Å². The van der Waals surface area contributed by atoms with Crippen molar-refractivity contribution >= 4 is 0 Å². The van der Waals surface area contributed by atoms with Crippen molar-refractivity contribution in [2.75, 3.05) is 6.73 Å². The predicted molar refractivity (Wildman–Crippen MR) is 35.1 cm³/mol. The van der Waals surface area contributed by atoms with Gasteiger partial charge < -0.3 is 4.74 Å². The molecule has 1 heterocycles. The minimum atomic E-state index is 0.554. The number of nitrogens with one attached hydrogen (secondary N) is 1. The summed E-state index contributed by atoms with van der Waals surface area (Å²) in [6, 6.07) is 0.693. The fourth-order valence-corrected chi connectivity index (χ4v) is 1.79. The molecule has 0 spiro atoms. The first-order chi connectivity index (χ1) is 4.47. The quantitative estimate of drug-likeness (QED) is 0.521. The number of fused-ring (bicyclic) bond motifs is 1. The molecular formula is C7H13NO. The van der Waals surface area contributed by atoms with Crippen molar-refractivity contribution in [3.05, 3.63) is 0 Å². The smallest absolute Gasteiger partial charge is 0.0972 e. The van der Waals surface area contributed by atoms with Gasteiger partial charge in [0, 0.05) is 6.04 Å². The third-order valence-corrected chi connectivity index (χ3v) is 2.35. The van der Waals surface area contributed by atoms with Crippen LogP contribution in [0.1, 0.15) is 25.7 Å². The zero-order valence-corrected chi connectivity index (χ0v) is 5.60. The molecule has 2 fully saturated rings. The maximum absolute atomic E-state index is 5.45. The molecule has 52 valence electrons. The number of hydrogen-bond acceptors (Lipinski definition) is 2. The Labute approximate surface area is 55.6 Å². The number of rotatable bonds is 0. The summed E-state index contributed by atoms with van der Waals surface area (Å²) in [4.78, 5) is 0. The highest BCUT2D eigenvalue weighted by Crippen LogP contribution is 2.23. The third-order valence-electron chi connectivity index (χ3n) is 2.35. The fraction of sp³-hybridized carbons (Fsp3) is 1.00. The Balaban J connectivity index is 1.97. The van der Waals surface area contributed by atoms with Crippen LogP contribution < -0.4 is 5.32 Å². The molecule has 0 unspecified atom stereocenters. The van der Waals surface area contributed by atoms with Gasteiger partial charge in [0.1, 0.15) is 0 Å². The second-order valence-corrected chi connectivity index (χ2v) is 2.94. The molecule has 1 aliphatic carbocycles. The van der Waals surface area contributed by atoms with Gasteiger partial charge in [0.15, 0.2) is 0 Å². The highest BCUT2D eigenvalue weighted by molar-refractivity contribution is 4.84. The van der Waals surface area contributed by atoms with E-state index in [-0.39, 0.29) is 0 Å². The van der Waals surface area contributed by atoms with E-state index < -0.39 is 0 Å². The molecule has 0 aromatic rings. The van der Waals surface area contributed by atoms with E-state index in [1.165, 1.54) is 25.7 Å². The second-order valence-electron chi connectivity index (χ2n) is 2.94. The van der Waals surface area contributed by atoms with Gasteiger partial charge in [-0.1, -0.05) is 12.8 Å². The monoisotopic (exact) mass is 127 g/mol. The molecule has 2 aliphatic rings. The molecule has 0 aromatic heterocycles. The highest BCUT2D eigenvalue weighted by Gasteiger charge is 2.29. The Morgan fingerprint density at radius 2 is 2.11 bits per heavy atom. The van der Waals surface area contributed by atoms with E-state index in [1.807, 2.05) is 0 Å². The van der Waals surface area contributed by atoms with E-state index in [0.717, 1.165) is 6.73 Å². The maximum Gasteiger partial charge on any atom is 0.0972 e. The van der Waals surface area contributed by atoms with Crippen LogP contribution in [-0.4, -0.2) is 18.9 Å². The molecule has 0 bridgehead atoms. The molecule has 2 rings (SSSR count). The highest BCUT2D eigenvalue weighted by atomic mass is 16.5. The summed E-state index contributed by atoms with van der Waals surface area (Å²) in [7, 11) is 0. The summed E-state index contributed by atoms with van der Waals surface area (Å²) in [6.07, 6.45) is 5.90. The molecule has 1 N–H and O–H groups in total. The van der Waals surface area contributed by atoms with Crippen LogP contribution >= 0.6 is 0 Å². The van der Waals surface area contributed by atoms with Crippen LogP contribution in [0, 0.1) is 0 Å². The Morgan fingerprint density at radius 3 is 3.00 bits per heavy atom. The van der Waals surface area contributed by atoms with E-state index in [0.29, 0.717) is 12.1 Å². The summed E-state index contributed by atoms with van der Waals surface area (Å²) < 4.78 is 5.45. The van der Waals surface area contributed by atoms with Crippen molar-refractivity contribution in [1.82, 2.24) is 5.32 Å². The van der Waals surface area contributed by atoms with Crippen molar-refractivity contribution in [2.45, 2.75) is 37.8 Å². The average Bonchev–Trinajstić information content (AvgIpc) is 2.33. The molecule has 1 saturated heterocycles. The Kier molecular flexibility index (Phi) is 1.44. The Bertz CT molecular complexity index is 93.1. The van der Waals surface area contributed by atoms with Gasteiger partial charge in [-0.05, 0) is 12.8 Å². The van der Waals surface area contributed by atoms with E-state index in [2.05, 4.69) is 5.32 Å². The summed E-state index contributed by atoms with van der Waals surface area (Å²) in [5.74, 6) is 0. The number of hydrogen-bond donors (Lipinski definition) is 1. The fourth-order valence-electron chi connectivity index (χ4n) is 1.79. The lowest BCUT2D eigenvalue weighted by Crippen LogP contribution is -2.33. The maximum atomic E-state index is 5.45. The van der Waals surface area contributed by atoms with Gasteiger partial charge in [-0.3, -0.25) is 5.32 Å². The van der Waals surface area contributed by atoms with Crippen LogP contribution in [-0.2, 0) is 4.74 Å². The van der Waals surface area contributed by atoms with Crippen molar-refractivity contribution in [1.29, 1.82) is 0 Å². The zero-order chi connectivity index (χ0) is 6.10. The molecule has 1 aliphatic heterocycles.